The summed E-state index contributed by atoms with van der Waals surface area (Å²) in [5.41, 5.74) is 6.05. The molecule has 0 N–H and O–H groups in total. The van der Waals surface area contributed by atoms with Gasteiger partial charge >= 0.3 is 0 Å². The molecule has 0 atom stereocenters. The van der Waals surface area contributed by atoms with Crippen LogP contribution in [-0.2, 0) is 20.1 Å². The molecule has 6 aromatic rings. The number of nitrogens with zero attached hydrogens (tertiary/aromatic N) is 4. The number of hydrogen-bond acceptors (Lipinski definition) is 3. The van der Waals surface area contributed by atoms with Gasteiger partial charge < -0.3 is 9.97 Å². The molecule has 0 bridgehead atoms. The maximum absolute atomic E-state index is 13.2. The monoisotopic (exact) mass is 629 g/mol. The third kappa shape index (κ3) is 4.20. The van der Waals surface area contributed by atoms with E-state index in [4.69, 9.17) is 0 Å². The van der Waals surface area contributed by atoms with Crippen molar-refractivity contribution < 1.29 is 28.9 Å². The van der Waals surface area contributed by atoms with E-state index in [9.17, 15) is 8.78 Å². The van der Waals surface area contributed by atoms with Crippen LogP contribution in [0.3, 0.4) is 0 Å². The molecule has 7 heteroatoms. The fraction of sp³-hybridized carbons (Fsp3) is 0.0741. The second-order valence-corrected chi connectivity index (χ2v) is 7.56. The van der Waals surface area contributed by atoms with E-state index >= 15 is 0 Å². The minimum absolute atomic E-state index is 0. The quantitative estimate of drug-likeness (QED) is 0.159. The van der Waals surface area contributed by atoms with Gasteiger partial charge in [-0.2, -0.15) is 5.10 Å². The van der Waals surface area contributed by atoms with Crippen LogP contribution < -0.4 is 0 Å². The van der Waals surface area contributed by atoms with Crippen LogP contribution >= 0.6 is 0 Å². The summed E-state index contributed by atoms with van der Waals surface area (Å²) in [7, 11) is 0. The van der Waals surface area contributed by atoms with Crippen molar-refractivity contribution >= 4 is 27.3 Å². The number of pyridine rings is 3. The number of fused-ring (bicyclic) bond motifs is 6. The van der Waals surface area contributed by atoms with E-state index in [1.54, 1.807) is 24.4 Å². The van der Waals surface area contributed by atoms with Crippen LogP contribution in [-0.4, -0.2) is 19.6 Å². The van der Waals surface area contributed by atoms with Crippen molar-refractivity contribution in [1.29, 1.82) is 0 Å². The molecule has 34 heavy (non-hydrogen) atoms. The molecule has 2 aromatic carbocycles. The zero-order valence-electron chi connectivity index (χ0n) is 18.3. The molecular formula is C27H18F2IrN4-2. The number of benzene rings is 2. The third-order valence-corrected chi connectivity index (χ3v) is 5.50. The van der Waals surface area contributed by atoms with Crippen molar-refractivity contribution in [2.75, 3.05) is 0 Å². The average molecular weight is 629 g/mol. The fourth-order valence-electron chi connectivity index (χ4n) is 3.84. The second-order valence-electron chi connectivity index (χ2n) is 7.56. The van der Waals surface area contributed by atoms with Gasteiger partial charge in [0.25, 0.3) is 0 Å². The Morgan fingerprint density at radius 3 is 2.50 bits per heavy atom. The van der Waals surface area contributed by atoms with Crippen LogP contribution in [0.1, 0.15) is 11.3 Å². The smallest absolute Gasteiger partial charge is 0.0624 e. The molecule has 0 unspecified atom stereocenters. The van der Waals surface area contributed by atoms with E-state index in [2.05, 4.69) is 46.3 Å². The predicted molar refractivity (Wildman–Crippen MR) is 125 cm³/mol. The number of aromatic nitrogens is 4. The first-order valence-electron chi connectivity index (χ1n) is 10.4. The zero-order chi connectivity index (χ0) is 22.9. The van der Waals surface area contributed by atoms with Crippen molar-refractivity contribution in [3.63, 3.8) is 0 Å². The van der Waals surface area contributed by atoms with E-state index in [1.807, 2.05) is 35.8 Å². The third-order valence-electron chi connectivity index (χ3n) is 5.50. The Morgan fingerprint density at radius 1 is 0.912 bits per heavy atom. The van der Waals surface area contributed by atoms with Crippen LogP contribution in [0, 0.1) is 37.6 Å². The molecule has 4 heterocycles. The van der Waals surface area contributed by atoms with Crippen molar-refractivity contribution in [3.05, 3.63) is 108 Å². The van der Waals surface area contributed by atoms with Gasteiger partial charge in [-0.05, 0) is 43.3 Å². The Morgan fingerprint density at radius 2 is 1.74 bits per heavy atom. The van der Waals surface area contributed by atoms with Gasteiger partial charge in [0.15, 0.2) is 0 Å². The summed E-state index contributed by atoms with van der Waals surface area (Å²) in [6.45, 7) is 4.16. The first kappa shape index (κ1) is 23.6. The first-order chi connectivity index (χ1) is 16.0. The van der Waals surface area contributed by atoms with E-state index in [1.165, 1.54) is 5.56 Å². The van der Waals surface area contributed by atoms with Crippen molar-refractivity contribution in [1.82, 2.24) is 19.6 Å². The Bertz CT molecular complexity index is 1610. The van der Waals surface area contributed by atoms with E-state index in [0.29, 0.717) is 5.69 Å². The Labute approximate surface area is 208 Å². The number of hydrogen-bond donors (Lipinski definition) is 0. The summed E-state index contributed by atoms with van der Waals surface area (Å²) >= 11 is 0. The summed E-state index contributed by atoms with van der Waals surface area (Å²) in [5.74, 6) is -1.29. The molecule has 6 rings (SSSR count). The molecule has 0 aliphatic rings. The molecule has 1 radical (unpaired) electrons. The van der Waals surface area contributed by atoms with Crippen LogP contribution in [0.4, 0.5) is 8.78 Å². The molecule has 0 amide bonds. The maximum Gasteiger partial charge on any atom is 0.0624 e. The van der Waals surface area contributed by atoms with E-state index < -0.39 is 11.6 Å². The maximum atomic E-state index is 13.2. The minimum atomic E-state index is -0.649. The van der Waals surface area contributed by atoms with Crippen LogP contribution in [0.25, 0.3) is 38.6 Å². The van der Waals surface area contributed by atoms with Gasteiger partial charge in [0.05, 0.1) is 5.69 Å². The molecule has 171 valence electrons. The van der Waals surface area contributed by atoms with E-state index in [-0.39, 0.29) is 25.7 Å². The van der Waals surface area contributed by atoms with Crippen molar-refractivity contribution in [2.45, 2.75) is 13.8 Å². The topological polar surface area (TPSA) is 43.1 Å². The largest absolute Gasteiger partial charge is 0.305 e. The molecule has 0 saturated carbocycles. The van der Waals surface area contributed by atoms with E-state index in [0.717, 1.165) is 45.1 Å². The fourth-order valence-corrected chi connectivity index (χ4v) is 3.84. The molecule has 4 aromatic heterocycles. The standard InChI is InChI=1S/C16H12N3.C11H6F2N.Ir/c1-10-11(2)18-19-14-8-5-9-17-15(14)12-6-3-4-7-13(12)16(10)19;12-8-4-5-9(10(13)7-8)11-3-1-2-6-14-11;/h3-5,7-9H,1-2H3;1-4,6-7H;/q2*-1;. The molecule has 0 spiro atoms. The Balaban J connectivity index is 0.000000164. The molecular weight excluding hydrogens is 611 g/mol. The van der Waals surface area contributed by atoms with Gasteiger partial charge in [-0.1, -0.05) is 29.1 Å². The molecule has 0 aliphatic heterocycles. The van der Waals surface area contributed by atoms with Gasteiger partial charge in [0.2, 0.25) is 0 Å². The summed E-state index contributed by atoms with van der Waals surface area (Å²) in [4.78, 5) is 8.45. The molecule has 0 aliphatic carbocycles. The van der Waals surface area contributed by atoms with Gasteiger partial charge in [0, 0.05) is 60.7 Å². The van der Waals surface area contributed by atoms with Gasteiger partial charge in [-0.3, -0.25) is 8.78 Å². The predicted octanol–water partition coefficient (Wildman–Crippen LogP) is 6.28. The van der Waals surface area contributed by atoms with Gasteiger partial charge in [-0.25, -0.2) is 4.52 Å². The number of halogens is 2. The minimum Gasteiger partial charge on any atom is -0.305 e. The Kier molecular flexibility index (Phi) is 6.77. The molecule has 0 fully saturated rings. The first-order valence-corrected chi connectivity index (χ1v) is 10.4. The SMILES string of the molecule is Cc1nn2c3cccnc3c3[c-]cccc3c2c1C.Fc1c[c-]c(-c2ccccn2)c(F)c1.[Ir]. The molecule has 0 saturated heterocycles. The zero-order valence-corrected chi connectivity index (χ0v) is 20.7. The van der Waals surface area contributed by atoms with Crippen LogP contribution in [0.5, 0.6) is 0 Å². The second kappa shape index (κ2) is 9.75. The van der Waals surface area contributed by atoms with Crippen LogP contribution in [0.2, 0.25) is 0 Å². The number of rotatable bonds is 1. The summed E-state index contributed by atoms with van der Waals surface area (Å²) in [6, 6.07) is 22.9. The van der Waals surface area contributed by atoms with Crippen molar-refractivity contribution in [2.24, 2.45) is 0 Å². The van der Waals surface area contributed by atoms with Gasteiger partial charge in [0.1, 0.15) is 0 Å². The summed E-state index contributed by atoms with van der Waals surface area (Å²) in [6.07, 6.45) is 3.36. The summed E-state index contributed by atoms with van der Waals surface area (Å²) < 4.78 is 27.8. The number of aryl methyl sites for hydroxylation is 2. The summed E-state index contributed by atoms with van der Waals surface area (Å²) in [5, 5.41) is 6.88. The molecule has 4 nitrogen and oxygen atoms in total. The Hall–Kier alpha value is -3.54. The van der Waals surface area contributed by atoms with Gasteiger partial charge in [-0.15, -0.1) is 41.8 Å². The van der Waals surface area contributed by atoms with Crippen LogP contribution in [0.15, 0.2) is 73.1 Å². The van der Waals surface area contributed by atoms with Crippen molar-refractivity contribution in [3.8, 4) is 11.3 Å². The average Bonchev–Trinajstić information content (AvgIpc) is 3.15. The normalized spacial score (nSPS) is 10.7.